The Hall–Kier alpha value is -2.09. The Morgan fingerprint density at radius 2 is 1.48 bits per heavy atom. The summed E-state index contributed by atoms with van der Waals surface area (Å²) in [4.78, 5) is 0.242. The lowest BCUT2D eigenvalue weighted by Gasteiger charge is -2.32. The molecule has 5 nitrogen and oxygen atoms in total. The topological polar surface area (TPSA) is 57.5 Å². The van der Waals surface area contributed by atoms with Crippen LogP contribution in [0.4, 0.5) is 0 Å². The largest absolute Gasteiger partial charge is 0.497 e. The summed E-state index contributed by atoms with van der Waals surface area (Å²) >= 11 is 0. The average molecular weight is 383 g/mol. The fourth-order valence-corrected chi connectivity index (χ4v) is 4.66. The van der Waals surface area contributed by atoms with Gasteiger partial charge in [-0.25, -0.2) is 12.4 Å². The Balaban J connectivity index is 1.90. The number of hydrogen-bond acceptors (Lipinski definition) is 4. The van der Waals surface area contributed by atoms with E-state index in [1.54, 1.807) is 42.6 Å². The molecule has 1 aromatic heterocycles. The van der Waals surface area contributed by atoms with Gasteiger partial charge in [0.2, 0.25) is 0 Å². The van der Waals surface area contributed by atoms with Crippen molar-refractivity contribution < 1.29 is 17.7 Å². The van der Waals surface area contributed by atoms with E-state index in [0.29, 0.717) is 11.0 Å². The monoisotopic (exact) mass is 383 g/mol. The molecule has 1 fully saturated rings. The second-order valence-corrected chi connectivity index (χ2v) is 9.62. The predicted octanol–water partition coefficient (Wildman–Crippen LogP) is 3.18. The van der Waals surface area contributed by atoms with Gasteiger partial charge in [-0.1, -0.05) is 36.4 Å². The summed E-state index contributed by atoms with van der Waals surface area (Å²) in [6.07, 6.45) is 1.59. The highest BCUT2D eigenvalue weighted by atomic mass is 32.2. The molecule has 2 heterocycles. The number of hydrogen-bond donors (Lipinski definition) is 0. The van der Waals surface area contributed by atoms with Crippen LogP contribution in [0.2, 0.25) is 0 Å². The summed E-state index contributed by atoms with van der Waals surface area (Å²) in [5.41, 5.74) is 0.279. The number of fused-ring (bicyclic) bond motifs is 1. The normalized spacial score (nSPS) is 18.9. The second kappa shape index (κ2) is 5.96. The first-order chi connectivity index (χ1) is 12.6. The standard InChI is InChI=1S/C20H22BNO4S/c1-19(2)20(3,4)26-21(25-19)17-12-8-9-15-13-14-22(18(15)17)27(23,24)16-10-6-5-7-11-16/h5-14H,1-4H3. The minimum Gasteiger partial charge on any atom is -0.399 e. The molecule has 1 aliphatic rings. The van der Waals surface area contributed by atoms with Gasteiger partial charge in [0.25, 0.3) is 10.0 Å². The van der Waals surface area contributed by atoms with Crippen molar-refractivity contribution in [1.82, 2.24) is 3.97 Å². The fraction of sp³-hybridized carbons (Fsp3) is 0.300. The van der Waals surface area contributed by atoms with Crippen LogP contribution in [0, 0.1) is 0 Å². The zero-order valence-electron chi connectivity index (χ0n) is 15.8. The molecule has 1 aliphatic heterocycles. The lowest BCUT2D eigenvalue weighted by molar-refractivity contribution is 0.00578. The van der Waals surface area contributed by atoms with Gasteiger partial charge in [0, 0.05) is 17.0 Å². The molecule has 3 aromatic rings. The van der Waals surface area contributed by atoms with Crippen molar-refractivity contribution in [3.8, 4) is 0 Å². The van der Waals surface area contributed by atoms with Crippen LogP contribution in [0.1, 0.15) is 27.7 Å². The summed E-state index contributed by atoms with van der Waals surface area (Å²) < 4.78 is 40.1. The van der Waals surface area contributed by atoms with E-state index in [4.69, 9.17) is 9.31 Å². The molecule has 0 unspecified atom stereocenters. The molecular weight excluding hydrogens is 361 g/mol. The molecule has 2 aromatic carbocycles. The van der Waals surface area contributed by atoms with E-state index in [9.17, 15) is 8.42 Å². The van der Waals surface area contributed by atoms with Crippen molar-refractivity contribution in [3.05, 3.63) is 60.8 Å². The summed E-state index contributed by atoms with van der Waals surface area (Å²) in [5.74, 6) is 0. The minimum atomic E-state index is -3.73. The van der Waals surface area contributed by atoms with Gasteiger partial charge in [0.1, 0.15) is 0 Å². The van der Waals surface area contributed by atoms with E-state index in [0.717, 1.165) is 5.39 Å². The van der Waals surface area contributed by atoms with Gasteiger partial charge in [-0.05, 0) is 45.9 Å². The number of benzene rings is 2. The lowest BCUT2D eigenvalue weighted by atomic mass is 9.78. The highest BCUT2D eigenvalue weighted by Crippen LogP contribution is 2.37. The maximum atomic E-state index is 13.2. The lowest BCUT2D eigenvalue weighted by Crippen LogP contribution is -2.41. The van der Waals surface area contributed by atoms with Crippen LogP contribution >= 0.6 is 0 Å². The molecule has 0 radical (unpaired) electrons. The summed E-state index contributed by atoms with van der Waals surface area (Å²) in [5, 5.41) is 0.821. The van der Waals surface area contributed by atoms with Crippen LogP contribution in [-0.2, 0) is 19.3 Å². The van der Waals surface area contributed by atoms with Gasteiger partial charge in [0.15, 0.2) is 0 Å². The second-order valence-electron chi connectivity index (χ2n) is 7.80. The van der Waals surface area contributed by atoms with E-state index in [2.05, 4.69) is 0 Å². The molecule has 140 valence electrons. The van der Waals surface area contributed by atoms with E-state index in [1.165, 1.54) is 3.97 Å². The summed E-state index contributed by atoms with van der Waals surface area (Å²) in [6, 6.07) is 15.9. The molecule has 7 heteroatoms. The molecule has 0 saturated carbocycles. The Kier molecular flexibility index (Phi) is 4.03. The van der Waals surface area contributed by atoms with Gasteiger partial charge >= 0.3 is 7.12 Å². The highest BCUT2D eigenvalue weighted by molar-refractivity contribution is 7.90. The van der Waals surface area contributed by atoms with Crippen molar-refractivity contribution in [1.29, 1.82) is 0 Å². The van der Waals surface area contributed by atoms with Gasteiger partial charge < -0.3 is 9.31 Å². The molecule has 0 atom stereocenters. The number of aromatic nitrogens is 1. The smallest absolute Gasteiger partial charge is 0.399 e. The molecule has 27 heavy (non-hydrogen) atoms. The third-order valence-electron chi connectivity index (χ3n) is 5.52. The molecule has 0 amide bonds. The number of rotatable bonds is 3. The van der Waals surface area contributed by atoms with Crippen LogP contribution < -0.4 is 5.46 Å². The Labute approximate surface area is 160 Å². The molecule has 4 rings (SSSR count). The average Bonchev–Trinajstić information content (AvgIpc) is 3.14. The minimum absolute atomic E-state index is 0.242. The third-order valence-corrected chi connectivity index (χ3v) is 7.21. The van der Waals surface area contributed by atoms with Crippen LogP contribution in [0.3, 0.4) is 0 Å². The van der Waals surface area contributed by atoms with Crippen molar-refractivity contribution in [3.63, 3.8) is 0 Å². The summed E-state index contributed by atoms with van der Waals surface area (Å²) in [7, 11) is -4.37. The number of nitrogens with zero attached hydrogens (tertiary/aromatic N) is 1. The highest BCUT2D eigenvalue weighted by Gasteiger charge is 2.52. The maximum Gasteiger partial charge on any atom is 0.497 e. The van der Waals surface area contributed by atoms with Crippen LogP contribution in [0.25, 0.3) is 10.9 Å². The van der Waals surface area contributed by atoms with Crippen LogP contribution in [-0.4, -0.2) is 30.7 Å². The zero-order valence-corrected chi connectivity index (χ0v) is 16.7. The van der Waals surface area contributed by atoms with Crippen molar-refractivity contribution in [2.24, 2.45) is 0 Å². The molecule has 0 bridgehead atoms. The Morgan fingerprint density at radius 1 is 0.852 bits per heavy atom. The predicted molar refractivity (Wildman–Crippen MR) is 107 cm³/mol. The van der Waals surface area contributed by atoms with Crippen molar-refractivity contribution in [2.45, 2.75) is 43.8 Å². The Morgan fingerprint density at radius 3 is 2.11 bits per heavy atom. The van der Waals surface area contributed by atoms with E-state index < -0.39 is 28.3 Å². The first-order valence-electron chi connectivity index (χ1n) is 8.90. The van der Waals surface area contributed by atoms with Gasteiger partial charge in [-0.3, -0.25) is 0 Å². The van der Waals surface area contributed by atoms with Gasteiger partial charge in [-0.15, -0.1) is 0 Å². The molecule has 0 aliphatic carbocycles. The molecule has 0 spiro atoms. The van der Waals surface area contributed by atoms with Crippen LogP contribution in [0.5, 0.6) is 0 Å². The van der Waals surface area contributed by atoms with E-state index >= 15 is 0 Å². The van der Waals surface area contributed by atoms with E-state index in [1.807, 2.05) is 45.9 Å². The van der Waals surface area contributed by atoms with E-state index in [-0.39, 0.29) is 4.90 Å². The quantitative estimate of drug-likeness (QED) is 0.652. The van der Waals surface area contributed by atoms with Crippen molar-refractivity contribution in [2.75, 3.05) is 0 Å². The fourth-order valence-electron chi connectivity index (χ4n) is 3.26. The third kappa shape index (κ3) is 2.81. The molecule has 0 N–H and O–H groups in total. The van der Waals surface area contributed by atoms with Crippen LogP contribution in [0.15, 0.2) is 65.7 Å². The summed E-state index contributed by atoms with van der Waals surface area (Å²) in [6.45, 7) is 7.92. The first kappa shape index (κ1) is 18.3. The Bertz CT molecular complexity index is 1090. The number of para-hydroxylation sites is 1. The SMILES string of the molecule is CC1(C)OB(c2cccc3ccn(S(=O)(=O)c4ccccc4)c23)OC1(C)C. The first-order valence-corrected chi connectivity index (χ1v) is 10.3. The maximum absolute atomic E-state index is 13.2. The van der Waals surface area contributed by atoms with Gasteiger partial charge in [-0.2, -0.15) is 0 Å². The molecular formula is C20H22BNO4S. The zero-order chi connectivity index (χ0) is 19.4. The molecule has 1 saturated heterocycles. The van der Waals surface area contributed by atoms with Gasteiger partial charge in [0.05, 0.1) is 21.6 Å². The van der Waals surface area contributed by atoms with Crippen molar-refractivity contribution >= 4 is 33.5 Å².